The van der Waals surface area contributed by atoms with E-state index >= 15 is 0 Å². The van der Waals surface area contributed by atoms with E-state index in [2.05, 4.69) is 27.3 Å². The Balaban J connectivity index is 1.29. The standard InChI is InChI=1S/C19H22N4O3S2/c24-17-18(25)23(19(26)22(17)6-5-15-3-1-11-27-15)14-21-9-7-20(8-10-21)13-16-4-2-12-28-16/h1-4,11-12H,5-10,13-14H2. The van der Waals surface area contributed by atoms with Gasteiger partial charge in [-0.05, 0) is 22.9 Å². The van der Waals surface area contributed by atoms with E-state index in [0.29, 0.717) is 6.42 Å². The zero-order chi connectivity index (χ0) is 19.5. The predicted octanol–water partition coefficient (Wildman–Crippen LogP) is 1.92. The second-order valence-electron chi connectivity index (χ2n) is 6.92. The van der Waals surface area contributed by atoms with Crippen molar-refractivity contribution in [3.05, 3.63) is 44.8 Å². The SMILES string of the molecule is O=C1C(=O)N(CN2CCN(Cc3cccs3)CC2)C(=O)N1CCc1cccs1. The summed E-state index contributed by atoms with van der Waals surface area (Å²) in [6.45, 7) is 4.66. The van der Waals surface area contributed by atoms with Gasteiger partial charge in [0, 0.05) is 55.4 Å². The molecule has 0 N–H and O–H groups in total. The number of carbonyl (C=O) groups excluding carboxylic acids is 3. The molecule has 2 saturated heterocycles. The Morgan fingerprint density at radius 2 is 1.39 bits per heavy atom. The van der Waals surface area contributed by atoms with Crippen LogP contribution in [0.15, 0.2) is 35.0 Å². The van der Waals surface area contributed by atoms with Gasteiger partial charge < -0.3 is 0 Å². The van der Waals surface area contributed by atoms with E-state index in [0.717, 1.165) is 47.4 Å². The zero-order valence-electron chi connectivity index (χ0n) is 15.5. The van der Waals surface area contributed by atoms with Crippen molar-refractivity contribution in [1.29, 1.82) is 0 Å². The third-order valence-corrected chi connectivity index (χ3v) is 6.86. The Morgan fingerprint density at radius 1 is 0.786 bits per heavy atom. The van der Waals surface area contributed by atoms with E-state index in [-0.39, 0.29) is 13.2 Å². The van der Waals surface area contributed by atoms with Crippen molar-refractivity contribution >= 4 is 40.5 Å². The number of hydrogen-bond acceptors (Lipinski definition) is 7. The zero-order valence-corrected chi connectivity index (χ0v) is 17.1. The molecule has 0 bridgehead atoms. The first-order valence-corrected chi connectivity index (χ1v) is 11.0. The summed E-state index contributed by atoms with van der Waals surface area (Å²) >= 11 is 3.33. The van der Waals surface area contributed by atoms with Crippen molar-refractivity contribution in [2.45, 2.75) is 13.0 Å². The van der Waals surface area contributed by atoms with Crippen LogP contribution >= 0.6 is 22.7 Å². The van der Waals surface area contributed by atoms with Gasteiger partial charge in [-0.15, -0.1) is 22.7 Å². The smallest absolute Gasteiger partial charge is 0.296 e. The van der Waals surface area contributed by atoms with E-state index in [1.807, 2.05) is 17.5 Å². The molecule has 4 heterocycles. The molecule has 0 unspecified atom stereocenters. The largest absolute Gasteiger partial charge is 0.335 e. The summed E-state index contributed by atoms with van der Waals surface area (Å²) < 4.78 is 0. The molecule has 0 spiro atoms. The summed E-state index contributed by atoms with van der Waals surface area (Å²) in [5, 5.41) is 4.04. The fourth-order valence-corrected chi connectivity index (χ4v) is 4.91. The molecule has 4 amide bonds. The van der Waals surface area contributed by atoms with Crippen LogP contribution in [0, 0.1) is 0 Å². The van der Waals surface area contributed by atoms with Crippen LogP contribution in [-0.2, 0) is 22.6 Å². The molecule has 2 aliphatic rings. The Hall–Kier alpha value is -2.07. The highest BCUT2D eigenvalue weighted by molar-refractivity contribution is 7.10. The molecule has 4 rings (SSSR count). The average Bonchev–Trinajstić information content (AvgIpc) is 3.43. The number of thiophene rings is 2. The minimum absolute atomic E-state index is 0.186. The molecule has 9 heteroatoms. The molecule has 2 aromatic rings. The Bertz CT molecular complexity index is 830. The van der Waals surface area contributed by atoms with Gasteiger partial charge in [-0.2, -0.15) is 0 Å². The third kappa shape index (κ3) is 4.17. The van der Waals surface area contributed by atoms with E-state index in [1.54, 1.807) is 22.7 Å². The monoisotopic (exact) mass is 418 g/mol. The van der Waals surface area contributed by atoms with Crippen molar-refractivity contribution in [3.8, 4) is 0 Å². The molecule has 28 heavy (non-hydrogen) atoms. The van der Waals surface area contributed by atoms with Crippen molar-refractivity contribution in [1.82, 2.24) is 19.6 Å². The normalized spacial score (nSPS) is 19.2. The van der Waals surface area contributed by atoms with Gasteiger partial charge in [-0.1, -0.05) is 12.1 Å². The summed E-state index contributed by atoms with van der Waals surface area (Å²) in [7, 11) is 0. The molecule has 2 aromatic heterocycles. The van der Waals surface area contributed by atoms with Gasteiger partial charge in [0.2, 0.25) is 0 Å². The number of piperazine rings is 1. The predicted molar refractivity (Wildman–Crippen MR) is 108 cm³/mol. The summed E-state index contributed by atoms with van der Waals surface area (Å²) in [4.78, 5) is 46.2. The Morgan fingerprint density at radius 3 is 2.04 bits per heavy atom. The van der Waals surface area contributed by atoms with Crippen LogP contribution in [0.4, 0.5) is 4.79 Å². The lowest BCUT2D eigenvalue weighted by molar-refractivity contribution is -0.144. The first kappa shape index (κ1) is 19.3. The first-order chi connectivity index (χ1) is 13.6. The van der Waals surface area contributed by atoms with Crippen molar-refractivity contribution < 1.29 is 14.4 Å². The highest BCUT2D eigenvalue weighted by atomic mass is 32.1. The summed E-state index contributed by atoms with van der Waals surface area (Å²) in [6.07, 6.45) is 0.581. The molecule has 7 nitrogen and oxygen atoms in total. The van der Waals surface area contributed by atoms with Crippen LogP contribution in [-0.4, -0.2) is 76.8 Å². The molecule has 0 saturated carbocycles. The topological polar surface area (TPSA) is 64.2 Å². The lowest BCUT2D eigenvalue weighted by atomic mass is 10.3. The van der Waals surface area contributed by atoms with Crippen LogP contribution in [0.2, 0.25) is 0 Å². The van der Waals surface area contributed by atoms with Crippen LogP contribution < -0.4 is 0 Å². The van der Waals surface area contributed by atoms with Crippen LogP contribution in [0.3, 0.4) is 0 Å². The maximum absolute atomic E-state index is 12.6. The molecule has 0 aliphatic carbocycles. The minimum atomic E-state index is -0.711. The molecule has 148 valence electrons. The van der Waals surface area contributed by atoms with Crippen LogP contribution in [0.25, 0.3) is 0 Å². The van der Waals surface area contributed by atoms with E-state index in [4.69, 9.17) is 0 Å². The fraction of sp³-hybridized carbons (Fsp3) is 0.421. The van der Waals surface area contributed by atoms with Gasteiger partial charge >= 0.3 is 17.8 Å². The van der Waals surface area contributed by atoms with Gasteiger partial charge in [-0.25, -0.2) is 9.69 Å². The lowest BCUT2D eigenvalue weighted by Crippen LogP contribution is -2.51. The number of rotatable bonds is 7. The van der Waals surface area contributed by atoms with Gasteiger partial charge in [0.15, 0.2) is 0 Å². The minimum Gasteiger partial charge on any atom is -0.296 e. The second kappa shape index (κ2) is 8.52. The van der Waals surface area contributed by atoms with Gasteiger partial charge in [0.1, 0.15) is 0 Å². The van der Waals surface area contributed by atoms with Gasteiger partial charge in [0.05, 0.1) is 6.67 Å². The third-order valence-electron chi connectivity index (χ3n) is 5.06. The molecule has 0 aromatic carbocycles. The molecular weight excluding hydrogens is 396 g/mol. The maximum atomic E-state index is 12.6. The van der Waals surface area contributed by atoms with Crippen LogP contribution in [0.5, 0.6) is 0 Å². The number of urea groups is 1. The molecule has 0 radical (unpaired) electrons. The Kier molecular flexibility index (Phi) is 5.86. The van der Waals surface area contributed by atoms with Crippen molar-refractivity contribution in [2.24, 2.45) is 0 Å². The summed E-state index contributed by atoms with van der Waals surface area (Å²) in [5.74, 6) is -1.42. The number of amides is 4. The lowest BCUT2D eigenvalue weighted by Gasteiger charge is -2.35. The number of carbonyl (C=O) groups is 3. The second-order valence-corrected chi connectivity index (χ2v) is 8.98. The maximum Gasteiger partial charge on any atom is 0.335 e. The average molecular weight is 419 g/mol. The highest BCUT2D eigenvalue weighted by Gasteiger charge is 2.44. The van der Waals surface area contributed by atoms with Crippen molar-refractivity contribution in [2.75, 3.05) is 39.4 Å². The van der Waals surface area contributed by atoms with E-state index < -0.39 is 17.8 Å². The summed E-state index contributed by atoms with van der Waals surface area (Å²) in [5.41, 5.74) is 0. The van der Waals surface area contributed by atoms with E-state index in [9.17, 15) is 14.4 Å². The van der Waals surface area contributed by atoms with Gasteiger partial charge in [-0.3, -0.25) is 24.3 Å². The number of nitrogens with zero attached hydrogens (tertiary/aromatic N) is 4. The first-order valence-electron chi connectivity index (χ1n) is 9.28. The number of hydrogen-bond donors (Lipinski definition) is 0. The van der Waals surface area contributed by atoms with Crippen molar-refractivity contribution in [3.63, 3.8) is 0 Å². The number of imide groups is 2. The molecule has 2 fully saturated rings. The quantitative estimate of drug-likeness (QED) is 0.508. The van der Waals surface area contributed by atoms with Gasteiger partial charge in [0.25, 0.3) is 0 Å². The highest BCUT2D eigenvalue weighted by Crippen LogP contribution is 2.18. The molecule has 2 aliphatic heterocycles. The molecule has 0 atom stereocenters. The van der Waals surface area contributed by atoms with Crippen LogP contribution in [0.1, 0.15) is 9.75 Å². The van der Waals surface area contributed by atoms with E-state index in [1.165, 1.54) is 4.88 Å². The Labute approximate surface area is 171 Å². The molecular formula is C19H22N4O3S2. The fourth-order valence-electron chi connectivity index (χ4n) is 3.46. The summed E-state index contributed by atoms with van der Waals surface area (Å²) in [6, 6.07) is 7.60.